The Balaban J connectivity index is 2.26. The quantitative estimate of drug-likeness (QED) is 0.712. The van der Waals surface area contributed by atoms with Crippen LogP contribution < -0.4 is 5.32 Å². The van der Waals surface area contributed by atoms with Gasteiger partial charge in [-0.15, -0.1) is 0 Å². The topological polar surface area (TPSA) is 95.9 Å². The van der Waals surface area contributed by atoms with E-state index in [2.05, 4.69) is 5.32 Å². The maximum atomic E-state index is 11.8. The Kier molecular flexibility index (Phi) is 5.06. The van der Waals surface area contributed by atoms with E-state index >= 15 is 0 Å². The fourth-order valence-corrected chi connectivity index (χ4v) is 2.38. The van der Waals surface area contributed by atoms with Gasteiger partial charge in [0.15, 0.2) is 5.78 Å². The average molecular weight is 293 g/mol. The molecule has 1 unspecified atom stereocenters. The molecule has 3 N–H and O–H groups in total. The summed E-state index contributed by atoms with van der Waals surface area (Å²) in [6.45, 7) is 0.862. The molecule has 114 valence electrons. The number of nitrogens with one attached hydrogen (secondary N) is 1. The zero-order chi connectivity index (χ0) is 15.4. The number of aliphatic hydroxyl groups excluding tert-OH is 2. The minimum absolute atomic E-state index is 0.0457. The van der Waals surface area contributed by atoms with Crippen LogP contribution in [0.3, 0.4) is 0 Å². The Morgan fingerprint density at radius 1 is 1.43 bits per heavy atom. The van der Waals surface area contributed by atoms with E-state index in [1.807, 2.05) is 0 Å². The van der Waals surface area contributed by atoms with Gasteiger partial charge in [0.1, 0.15) is 12.2 Å². The Labute approximate surface area is 122 Å². The molecule has 0 saturated heterocycles. The van der Waals surface area contributed by atoms with Crippen LogP contribution in [0.4, 0.5) is 5.69 Å². The van der Waals surface area contributed by atoms with E-state index in [-0.39, 0.29) is 18.3 Å². The summed E-state index contributed by atoms with van der Waals surface area (Å²) in [5.41, 5.74) is 2.28. The first kappa shape index (κ1) is 15.6. The third-order valence-corrected chi connectivity index (χ3v) is 3.41. The summed E-state index contributed by atoms with van der Waals surface area (Å²) in [5.74, 6) is -0.235. The highest BCUT2D eigenvalue weighted by Crippen LogP contribution is 2.31. The lowest BCUT2D eigenvalue weighted by molar-refractivity contribution is -0.131. The van der Waals surface area contributed by atoms with E-state index < -0.39 is 18.8 Å². The molecule has 6 nitrogen and oxygen atoms in total. The number of carbonyl (C=O) groups is 2. The molecule has 1 aliphatic heterocycles. The highest BCUT2D eigenvalue weighted by atomic mass is 16.5. The van der Waals surface area contributed by atoms with Crippen LogP contribution in [0.25, 0.3) is 0 Å². The molecule has 1 aliphatic rings. The van der Waals surface area contributed by atoms with Crippen LogP contribution in [0.5, 0.6) is 0 Å². The first-order valence-corrected chi connectivity index (χ1v) is 6.85. The standard InChI is InChI=1S/C15H19NO5/c1-9(18)15(21-8-10(19)7-17)12-3-2-4-13-11(12)5-6-14(20)16-13/h2-4,10,15,17,19H,5-8H2,1H3,(H,16,20)/t10?,15-/m1/s1. The number of ether oxygens (including phenoxy) is 1. The van der Waals surface area contributed by atoms with E-state index in [4.69, 9.17) is 9.84 Å². The van der Waals surface area contributed by atoms with Crippen molar-refractivity contribution in [2.75, 3.05) is 18.5 Å². The van der Waals surface area contributed by atoms with Gasteiger partial charge >= 0.3 is 0 Å². The molecule has 0 bridgehead atoms. The molecule has 21 heavy (non-hydrogen) atoms. The second-order valence-corrected chi connectivity index (χ2v) is 5.08. The smallest absolute Gasteiger partial charge is 0.224 e. The van der Waals surface area contributed by atoms with Crippen molar-refractivity contribution in [2.45, 2.75) is 32.0 Å². The molecule has 0 fully saturated rings. The molecule has 0 aliphatic carbocycles. The van der Waals surface area contributed by atoms with Gasteiger partial charge in [0.25, 0.3) is 0 Å². The molecular formula is C15H19NO5. The number of benzene rings is 1. The van der Waals surface area contributed by atoms with Crippen LogP contribution in [0.15, 0.2) is 18.2 Å². The molecule has 0 saturated carbocycles. The van der Waals surface area contributed by atoms with Gasteiger partial charge < -0.3 is 20.3 Å². The van der Waals surface area contributed by atoms with E-state index in [9.17, 15) is 14.7 Å². The predicted octanol–water partition coefficient (Wildman–Crippen LogP) is 0.571. The second kappa shape index (κ2) is 6.80. The summed E-state index contributed by atoms with van der Waals surface area (Å²) in [5, 5.41) is 21.0. The number of hydrogen-bond acceptors (Lipinski definition) is 5. The predicted molar refractivity (Wildman–Crippen MR) is 75.9 cm³/mol. The number of rotatable bonds is 6. The fraction of sp³-hybridized carbons (Fsp3) is 0.467. The minimum atomic E-state index is -1.02. The molecule has 0 aromatic heterocycles. The van der Waals surface area contributed by atoms with Gasteiger partial charge in [-0.25, -0.2) is 0 Å². The van der Waals surface area contributed by atoms with Gasteiger partial charge in [0.2, 0.25) is 5.91 Å². The number of aliphatic hydroxyl groups is 2. The van der Waals surface area contributed by atoms with Gasteiger partial charge in [-0.3, -0.25) is 9.59 Å². The molecule has 2 rings (SSSR count). The first-order chi connectivity index (χ1) is 10.0. The normalized spacial score (nSPS) is 16.8. The molecule has 6 heteroatoms. The Morgan fingerprint density at radius 2 is 2.19 bits per heavy atom. The van der Waals surface area contributed by atoms with Gasteiger partial charge in [-0.05, 0) is 30.5 Å². The van der Waals surface area contributed by atoms with Crippen LogP contribution in [0, 0.1) is 0 Å². The van der Waals surface area contributed by atoms with E-state index in [0.717, 1.165) is 5.56 Å². The SMILES string of the molecule is CC(=O)[C@@H](OCC(O)CO)c1cccc2c1CCC(=O)N2. The fourth-order valence-electron chi connectivity index (χ4n) is 2.38. The number of fused-ring (bicyclic) bond motifs is 1. The molecule has 0 radical (unpaired) electrons. The van der Waals surface area contributed by atoms with E-state index in [1.165, 1.54) is 6.92 Å². The van der Waals surface area contributed by atoms with E-state index in [1.54, 1.807) is 18.2 Å². The van der Waals surface area contributed by atoms with Gasteiger partial charge in [0, 0.05) is 12.1 Å². The minimum Gasteiger partial charge on any atom is -0.394 e. The summed E-state index contributed by atoms with van der Waals surface area (Å²) in [6.07, 6.45) is -0.914. The van der Waals surface area contributed by atoms with Crippen LogP contribution in [-0.4, -0.2) is 41.2 Å². The average Bonchev–Trinajstić information content (AvgIpc) is 2.46. The number of carbonyl (C=O) groups excluding carboxylic acids is 2. The maximum Gasteiger partial charge on any atom is 0.224 e. The van der Waals surface area contributed by atoms with Crippen molar-refractivity contribution in [1.29, 1.82) is 0 Å². The summed E-state index contributed by atoms with van der Waals surface area (Å²) in [6, 6.07) is 5.32. The van der Waals surface area contributed by atoms with Crippen LogP contribution in [0.1, 0.15) is 30.6 Å². The number of hydrogen-bond donors (Lipinski definition) is 3. The second-order valence-electron chi connectivity index (χ2n) is 5.08. The molecular weight excluding hydrogens is 274 g/mol. The van der Waals surface area contributed by atoms with Crippen LogP contribution in [-0.2, 0) is 20.7 Å². The van der Waals surface area contributed by atoms with Crippen LogP contribution >= 0.6 is 0 Å². The van der Waals surface area contributed by atoms with Crippen molar-refractivity contribution in [3.63, 3.8) is 0 Å². The summed E-state index contributed by atoms with van der Waals surface area (Å²) >= 11 is 0. The van der Waals surface area contributed by atoms with Gasteiger partial charge in [-0.2, -0.15) is 0 Å². The number of amides is 1. The molecule has 1 heterocycles. The van der Waals surface area contributed by atoms with Crippen molar-refractivity contribution in [1.82, 2.24) is 0 Å². The summed E-state index contributed by atoms with van der Waals surface area (Å²) < 4.78 is 5.46. The molecule has 1 aromatic carbocycles. The van der Waals surface area contributed by atoms with Gasteiger partial charge in [0.05, 0.1) is 13.2 Å². The number of anilines is 1. The first-order valence-electron chi connectivity index (χ1n) is 6.85. The number of ketones is 1. The van der Waals surface area contributed by atoms with Crippen molar-refractivity contribution in [2.24, 2.45) is 0 Å². The monoisotopic (exact) mass is 293 g/mol. The Morgan fingerprint density at radius 3 is 2.86 bits per heavy atom. The van der Waals surface area contributed by atoms with E-state index in [0.29, 0.717) is 24.1 Å². The molecule has 1 amide bonds. The zero-order valence-electron chi connectivity index (χ0n) is 11.8. The lowest BCUT2D eigenvalue weighted by Gasteiger charge is -2.24. The van der Waals surface area contributed by atoms with Gasteiger partial charge in [-0.1, -0.05) is 12.1 Å². The van der Waals surface area contributed by atoms with Crippen LogP contribution in [0.2, 0.25) is 0 Å². The van der Waals surface area contributed by atoms with Crippen molar-refractivity contribution in [3.8, 4) is 0 Å². The Bertz CT molecular complexity index is 543. The third kappa shape index (κ3) is 3.66. The largest absolute Gasteiger partial charge is 0.394 e. The Hall–Kier alpha value is -1.76. The molecule has 2 atom stereocenters. The highest BCUT2D eigenvalue weighted by Gasteiger charge is 2.25. The third-order valence-electron chi connectivity index (χ3n) is 3.41. The highest BCUT2D eigenvalue weighted by molar-refractivity contribution is 5.94. The summed E-state index contributed by atoms with van der Waals surface area (Å²) in [7, 11) is 0. The zero-order valence-corrected chi connectivity index (χ0v) is 11.8. The van der Waals surface area contributed by atoms with Crippen molar-refractivity contribution >= 4 is 17.4 Å². The molecule has 1 aromatic rings. The summed E-state index contributed by atoms with van der Waals surface area (Å²) in [4.78, 5) is 23.3. The number of Topliss-reactive ketones (excluding diaryl/α,β-unsaturated/α-hetero) is 1. The van der Waals surface area contributed by atoms with Crippen molar-refractivity contribution in [3.05, 3.63) is 29.3 Å². The lowest BCUT2D eigenvalue weighted by atomic mass is 9.93. The van der Waals surface area contributed by atoms with Crippen molar-refractivity contribution < 1.29 is 24.5 Å². The maximum absolute atomic E-state index is 11.8. The molecule has 0 spiro atoms. The lowest BCUT2D eigenvalue weighted by Crippen LogP contribution is -2.26.